The van der Waals surface area contributed by atoms with Crippen molar-refractivity contribution in [3.8, 4) is 5.75 Å². The van der Waals surface area contributed by atoms with E-state index in [-0.39, 0.29) is 24.9 Å². The van der Waals surface area contributed by atoms with E-state index >= 15 is 0 Å². The van der Waals surface area contributed by atoms with Gasteiger partial charge in [0.05, 0.1) is 53.0 Å². The molecule has 3 rings (SSSR count). The Bertz CT molecular complexity index is 1120. The van der Waals surface area contributed by atoms with Crippen LogP contribution in [0.3, 0.4) is 0 Å². The molecule has 0 aliphatic carbocycles. The molecule has 0 aromatic heterocycles. The molecule has 0 bridgehead atoms. The summed E-state index contributed by atoms with van der Waals surface area (Å²) < 4.78 is 32.5. The number of carboxylic acid groups (broad SMARTS) is 1. The molecule has 1 aromatic rings. The van der Waals surface area contributed by atoms with E-state index in [1.807, 2.05) is 28.0 Å². The fourth-order valence-corrected chi connectivity index (χ4v) is 6.38. The molecular formula is C29H49N4O6S+. The molecule has 0 saturated carbocycles. The summed E-state index contributed by atoms with van der Waals surface area (Å²) in [7, 11) is 3.07. The Morgan fingerprint density at radius 1 is 1.18 bits per heavy atom. The Morgan fingerprint density at radius 2 is 1.90 bits per heavy atom. The number of ether oxygens (including phenoxy) is 1. The lowest BCUT2D eigenvalue weighted by molar-refractivity contribution is -0.870. The van der Waals surface area contributed by atoms with Crippen LogP contribution in [0.5, 0.6) is 5.75 Å². The summed E-state index contributed by atoms with van der Waals surface area (Å²) in [6.07, 6.45) is 6.03. The monoisotopic (exact) mass is 581 g/mol. The van der Waals surface area contributed by atoms with E-state index in [0.717, 1.165) is 66.3 Å². The van der Waals surface area contributed by atoms with Crippen LogP contribution in [0, 0.1) is 5.92 Å². The molecule has 11 heteroatoms. The van der Waals surface area contributed by atoms with Gasteiger partial charge in [0.25, 0.3) is 0 Å². The number of hydrogen-bond donors (Lipinski definition) is 2. The molecule has 2 heterocycles. The van der Waals surface area contributed by atoms with Crippen molar-refractivity contribution < 1.29 is 32.3 Å². The molecule has 1 saturated heterocycles. The number of carboxylic acids is 1. The van der Waals surface area contributed by atoms with Gasteiger partial charge in [0, 0.05) is 44.6 Å². The van der Waals surface area contributed by atoms with Crippen molar-refractivity contribution in [2.75, 3.05) is 73.3 Å². The highest BCUT2D eigenvalue weighted by atomic mass is 32.2. The number of nitrogens with zero attached hydrogens (tertiary/aromatic N) is 3. The summed E-state index contributed by atoms with van der Waals surface area (Å²) in [5.41, 5.74) is 2.00. The smallest absolute Gasteiger partial charge is 0.308 e. The fourth-order valence-electron chi connectivity index (χ4n) is 5.89. The number of carbonyl (C=O) groups excluding carboxylic acids is 1. The Labute approximate surface area is 240 Å². The maximum Gasteiger partial charge on any atom is 0.308 e. The van der Waals surface area contributed by atoms with Crippen LogP contribution < -0.4 is 9.46 Å². The van der Waals surface area contributed by atoms with Crippen LogP contribution in [-0.4, -0.2) is 119 Å². The number of likely N-dealkylation sites (tertiary alicyclic amines) is 1. The predicted molar refractivity (Wildman–Crippen MR) is 156 cm³/mol. The summed E-state index contributed by atoms with van der Waals surface area (Å²) >= 11 is 0. The van der Waals surface area contributed by atoms with E-state index in [0.29, 0.717) is 32.7 Å². The third-order valence-corrected chi connectivity index (χ3v) is 8.69. The average molecular weight is 582 g/mol. The van der Waals surface area contributed by atoms with Gasteiger partial charge in [-0.2, -0.15) is 0 Å². The van der Waals surface area contributed by atoms with Gasteiger partial charge in [-0.05, 0) is 42.9 Å². The number of amides is 1. The van der Waals surface area contributed by atoms with Crippen molar-refractivity contribution in [2.24, 2.45) is 5.92 Å². The van der Waals surface area contributed by atoms with Gasteiger partial charge in [0.1, 0.15) is 5.75 Å². The van der Waals surface area contributed by atoms with Gasteiger partial charge in [-0.3, -0.25) is 14.5 Å². The average Bonchev–Trinajstić information content (AvgIpc) is 3.46. The third kappa shape index (κ3) is 9.43. The molecule has 1 amide bonds. The summed E-state index contributed by atoms with van der Waals surface area (Å²) in [5.74, 6) is -1.15. The van der Waals surface area contributed by atoms with Crippen LogP contribution in [0.4, 0.5) is 0 Å². The second-order valence-corrected chi connectivity index (χ2v) is 14.2. The van der Waals surface area contributed by atoms with E-state index in [1.165, 1.54) is 0 Å². The highest BCUT2D eigenvalue weighted by Gasteiger charge is 2.47. The molecule has 2 N–H and O–H groups in total. The van der Waals surface area contributed by atoms with Gasteiger partial charge in [-0.1, -0.05) is 25.5 Å². The number of carbonyl (C=O) groups is 2. The minimum absolute atomic E-state index is 0.00640. The van der Waals surface area contributed by atoms with Gasteiger partial charge in [0.15, 0.2) is 0 Å². The summed E-state index contributed by atoms with van der Waals surface area (Å²) in [4.78, 5) is 30.2. The molecule has 0 spiro atoms. The van der Waals surface area contributed by atoms with E-state index < -0.39 is 28.0 Å². The van der Waals surface area contributed by atoms with Crippen LogP contribution in [0.25, 0.3) is 0 Å². The number of aliphatic carboxylic acids is 1. The summed E-state index contributed by atoms with van der Waals surface area (Å²) in [6.45, 7) is 5.79. The number of nitrogens with one attached hydrogen (secondary N) is 1. The Balaban J connectivity index is 1.80. The first-order chi connectivity index (χ1) is 18.8. The zero-order valence-corrected chi connectivity index (χ0v) is 25.7. The number of benzene rings is 1. The van der Waals surface area contributed by atoms with Gasteiger partial charge >= 0.3 is 5.97 Å². The quantitative estimate of drug-likeness (QED) is 0.227. The van der Waals surface area contributed by atoms with Crippen molar-refractivity contribution in [2.45, 2.75) is 57.4 Å². The molecule has 40 heavy (non-hydrogen) atoms. The Hall–Kier alpha value is -2.21. The molecule has 1 fully saturated rings. The number of sulfonamides is 1. The van der Waals surface area contributed by atoms with E-state index in [4.69, 9.17) is 4.74 Å². The first-order valence-corrected chi connectivity index (χ1v) is 16.4. The number of unbranched alkanes of at least 4 members (excludes halogenated alkanes) is 2. The normalized spacial score (nSPS) is 21.3. The summed E-state index contributed by atoms with van der Waals surface area (Å²) in [5, 5.41) is 10.4. The van der Waals surface area contributed by atoms with Crippen LogP contribution in [0.2, 0.25) is 0 Å². The molecule has 2 aliphatic heterocycles. The van der Waals surface area contributed by atoms with Crippen molar-refractivity contribution in [1.29, 1.82) is 0 Å². The molecule has 2 aliphatic rings. The number of hydrogen-bond acceptors (Lipinski definition) is 6. The first kappa shape index (κ1) is 32.3. The highest BCUT2D eigenvalue weighted by molar-refractivity contribution is 7.88. The van der Waals surface area contributed by atoms with Gasteiger partial charge in [-0.15, -0.1) is 0 Å². The SMILES string of the molecule is CCCCN(CCCC[N+](C)(C)C)C(=O)CN1C[C@H](c2ccc3c(c2)CCO3)[C@@H](C(=O)O)[C@@H]1CCNS(C)(=O)=O. The Morgan fingerprint density at radius 3 is 2.55 bits per heavy atom. The predicted octanol–water partition coefficient (Wildman–Crippen LogP) is 2.14. The zero-order chi connectivity index (χ0) is 29.5. The van der Waals surface area contributed by atoms with Crippen LogP contribution in [0.15, 0.2) is 18.2 Å². The maximum atomic E-state index is 13.7. The maximum absolute atomic E-state index is 13.7. The van der Waals surface area contributed by atoms with Crippen LogP contribution in [0.1, 0.15) is 56.1 Å². The second kappa shape index (κ2) is 14.1. The lowest BCUT2D eigenvalue weighted by atomic mass is 9.83. The molecule has 226 valence electrons. The van der Waals surface area contributed by atoms with Gasteiger partial charge in [-0.25, -0.2) is 13.1 Å². The lowest BCUT2D eigenvalue weighted by Gasteiger charge is -2.30. The molecule has 3 atom stereocenters. The molecule has 0 unspecified atom stereocenters. The molecular weight excluding hydrogens is 532 g/mol. The fraction of sp³-hybridized carbons (Fsp3) is 0.724. The molecule has 10 nitrogen and oxygen atoms in total. The first-order valence-electron chi connectivity index (χ1n) is 14.5. The lowest BCUT2D eigenvalue weighted by Crippen LogP contribution is -2.45. The second-order valence-electron chi connectivity index (χ2n) is 12.3. The van der Waals surface area contributed by atoms with Crippen LogP contribution >= 0.6 is 0 Å². The third-order valence-electron chi connectivity index (χ3n) is 7.96. The number of fused-ring (bicyclic) bond motifs is 1. The summed E-state index contributed by atoms with van der Waals surface area (Å²) in [6, 6.07) is 5.41. The minimum Gasteiger partial charge on any atom is -0.493 e. The largest absolute Gasteiger partial charge is 0.493 e. The molecule has 1 aromatic carbocycles. The van der Waals surface area contributed by atoms with E-state index in [1.54, 1.807) is 0 Å². The van der Waals surface area contributed by atoms with Crippen molar-refractivity contribution in [3.05, 3.63) is 29.3 Å². The van der Waals surface area contributed by atoms with Gasteiger partial charge in [0.2, 0.25) is 15.9 Å². The van der Waals surface area contributed by atoms with Gasteiger partial charge < -0.3 is 19.2 Å². The Kier molecular flexibility index (Phi) is 11.4. The van der Waals surface area contributed by atoms with Crippen LogP contribution in [-0.2, 0) is 26.0 Å². The van der Waals surface area contributed by atoms with E-state index in [2.05, 4.69) is 32.8 Å². The number of rotatable bonds is 16. The van der Waals surface area contributed by atoms with E-state index in [9.17, 15) is 23.1 Å². The van der Waals surface area contributed by atoms with Crippen molar-refractivity contribution in [3.63, 3.8) is 0 Å². The zero-order valence-electron chi connectivity index (χ0n) is 24.9. The topological polar surface area (TPSA) is 116 Å². The van der Waals surface area contributed by atoms with Crippen molar-refractivity contribution in [1.82, 2.24) is 14.5 Å². The minimum atomic E-state index is -3.42. The number of quaternary nitrogens is 1. The van der Waals surface area contributed by atoms with Crippen molar-refractivity contribution >= 4 is 21.9 Å². The highest BCUT2D eigenvalue weighted by Crippen LogP contribution is 2.41. The standard InChI is InChI=1S/C29H48N4O6S/c1-6-7-15-31(16-8-9-17-33(2,3)4)27(34)21-32-20-24(22-10-11-26-23(19-22)13-18-39-26)28(29(35)36)25(32)12-14-30-40(5,37)38/h10-11,19,24-25,28,30H,6-9,12-18,20-21H2,1-5H3/p+1/t24-,25+,28-/m1/s1. The molecule has 0 radical (unpaired) electrons.